The minimum absolute atomic E-state index is 0.00776. The molecule has 0 aliphatic carbocycles. The van der Waals surface area contributed by atoms with E-state index in [4.69, 9.17) is 23.2 Å². The van der Waals surface area contributed by atoms with Crippen LogP contribution in [0.2, 0.25) is 10.0 Å². The first kappa shape index (κ1) is 26.0. The first-order chi connectivity index (χ1) is 14.8. The number of aryl methyl sites for hydroxylation is 2. The van der Waals surface area contributed by atoms with E-state index in [-0.39, 0.29) is 12.5 Å². The number of rotatable bonds is 8. The molecule has 7 nitrogen and oxygen atoms in total. The molecule has 2 rings (SSSR count). The van der Waals surface area contributed by atoms with E-state index in [1.54, 1.807) is 44.2 Å². The minimum Gasteiger partial charge on any atom is -0.357 e. The summed E-state index contributed by atoms with van der Waals surface area (Å²) in [5.41, 5.74) is 2.56. The van der Waals surface area contributed by atoms with Gasteiger partial charge in [-0.3, -0.25) is 13.9 Å². The predicted molar refractivity (Wildman–Crippen MR) is 129 cm³/mol. The van der Waals surface area contributed by atoms with E-state index in [9.17, 15) is 18.0 Å². The Morgan fingerprint density at radius 3 is 2.31 bits per heavy atom. The zero-order valence-electron chi connectivity index (χ0n) is 18.6. The first-order valence-corrected chi connectivity index (χ1v) is 12.5. The summed E-state index contributed by atoms with van der Waals surface area (Å²) < 4.78 is 26.3. The highest BCUT2D eigenvalue weighted by molar-refractivity contribution is 7.92. The van der Waals surface area contributed by atoms with Gasteiger partial charge in [0.05, 0.1) is 11.9 Å². The lowest BCUT2D eigenvalue weighted by Crippen LogP contribution is -2.50. The molecule has 10 heteroatoms. The molecule has 0 spiro atoms. The van der Waals surface area contributed by atoms with Gasteiger partial charge >= 0.3 is 0 Å². The van der Waals surface area contributed by atoms with Crippen molar-refractivity contribution >= 4 is 50.7 Å². The van der Waals surface area contributed by atoms with Gasteiger partial charge in [-0.25, -0.2) is 8.42 Å². The molecule has 0 aliphatic rings. The number of hydrogen-bond donors (Lipinski definition) is 1. The van der Waals surface area contributed by atoms with Crippen LogP contribution in [0, 0.1) is 13.8 Å². The van der Waals surface area contributed by atoms with E-state index in [1.165, 1.54) is 11.9 Å². The number of anilines is 1. The van der Waals surface area contributed by atoms with Crippen LogP contribution >= 0.6 is 23.2 Å². The Balaban J connectivity index is 2.46. The number of carbonyl (C=O) groups is 2. The number of likely N-dealkylation sites (N-methyl/N-ethyl adjacent to an activating group) is 1. The molecular weight excluding hydrogens is 473 g/mol. The fourth-order valence-corrected chi connectivity index (χ4v) is 4.58. The van der Waals surface area contributed by atoms with Gasteiger partial charge in [0.15, 0.2) is 0 Å². The van der Waals surface area contributed by atoms with Crippen LogP contribution in [0.25, 0.3) is 0 Å². The zero-order valence-corrected chi connectivity index (χ0v) is 21.0. The molecule has 174 valence electrons. The Labute approximate surface area is 199 Å². The lowest BCUT2D eigenvalue weighted by atomic mass is 10.1. The van der Waals surface area contributed by atoms with Crippen LogP contribution in [0.15, 0.2) is 36.4 Å². The summed E-state index contributed by atoms with van der Waals surface area (Å²) in [6.45, 7) is 4.73. The van der Waals surface area contributed by atoms with Crippen LogP contribution in [-0.2, 0) is 26.2 Å². The van der Waals surface area contributed by atoms with Gasteiger partial charge in [-0.05, 0) is 55.7 Å². The van der Waals surface area contributed by atoms with Crippen molar-refractivity contribution in [1.82, 2.24) is 10.2 Å². The first-order valence-electron chi connectivity index (χ1n) is 9.85. The second kappa shape index (κ2) is 10.6. The van der Waals surface area contributed by atoms with Gasteiger partial charge in [-0.2, -0.15) is 0 Å². The molecule has 1 N–H and O–H groups in total. The second-order valence-electron chi connectivity index (χ2n) is 7.61. The van der Waals surface area contributed by atoms with Gasteiger partial charge in [0.2, 0.25) is 21.8 Å². The zero-order chi connectivity index (χ0) is 24.2. The number of carbonyl (C=O) groups excluding carboxylic acids is 2. The van der Waals surface area contributed by atoms with Gasteiger partial charge in [0, 0.05) is 23.6 Å². The Hall–Kier alpha value is -2.29. The maximum Gasteiger partial charge on any atom is 0.244 e. The van der Waals surface area contributed by atoms with Crippen LogP contribution in [0.1, 0.15) is 23.6 Å². The van der Waals surface area contributed by atoms with Crippen LogP contribution in [-0.4, -0.2) is 51.0 Å². The molecule has 1 atom stereocenters. The largest absolute Gasteiger partial charge is 0.357 e. The highest BCUT2D eigenvalue weighted by Gasteiger charge is 2.30. The van der Waals surface area contributed by atoms with Gasteiger partial charge < -0.3 is 10.2 Å². The molecule has 0 aromatic heterocycles. The Kier molecular flexibility index (Phi) is 8.56. The summed E-state index contributed by atoms with van der Waals surface area (Å²) in [7, 11) is -2.31. The molecule has 0 unspecified atom stereocenters. The second-order valence-corrected chi connectivity index (χ2v) is 10.4. The van der Waals surface area contributed by atoms with Crippen LogP contribution < -0.4 is 9.62 Å². The van der Waals surface area contributed by atoms with Crippen molar-refractivity contribution in [2.24, 2.45) is 0 Å². The quantitative estimate of drug-likeness (QED) is 0.601. The summed E-state index contributed by atoms with van der Waals surface area (Å²) in [6.07, 6.45) is 1.05. The topological polar surface area (TPSA) is 86.8 Å². The minimum atomic E-state index is -3.78. The van der Waals surface area contributed by atoms with Crippen molar-refractivity contribution in [3.8, 4) is 0 Å². The van der Waals surface area contributed by atoms with Crippen LogP contribution in [0.4, 0.5) is 5.69 Å². The molecular formula is C22H27Cl2N3O4S. The lowest BCUT2D eigenvalue weighted by molar-refractivity contribution is -0.139. The number of benzene rings is 2. The molecule has 0 saturated heterocycles. The van der Waals surface area contributed by atoms with Crippen molar-refractivity contribution in [2.75, 3.05) is 24.2 Å². The average Bonchev–Trinajstić information content (AvgIpc) is 2.71. The molecule has 0 radical (unpaired) electrons. The summed E-state index contributed by atoms with van der Waals surface area (Å²) in [6, 6.07) is 9.36. The number of hydrogen-bond acceptors (Lipinski definition) is 4. The molecule has 0 heterocycles. The highest BCUT2D eigenvalue weighted by Crippen LogP contribution is 2.26. The smallest absolute Gasteiger partial charge is 0.244 e. The van der Waals surface area contributed by atoms with Gasteiger partial charge in [-0.15, -0.1) is 0 Å². The molecule has 2 amide bonds. The Morgan fingerprint density at radius 2 is 1.75 bits per heavy atom. The maximum atomic E-state index is 13.4. The van der Waals surface area contributed by atoms with E-state index in [1.807, 2.05) is 13.0 Å². The number of halogens is 2. The van der Waals surface area contributed by atoms with E-state index < -0.39 is 28.5 Å². The molecule has 2 aromatic rings. The molecule has 0 aliphatic heterocycles. The third kappa shape index (κ3) is 6.37. The van der Waals surface area contributed by atoms with Crippen molar-refractivity contribution in [2.45, 2.75) is 33.4 Å². The SMILES string of the molecule is CNC(=O)[C@H](C)N(Cc1ccc(Cl)cc1Cl)C(=O)CN(c1cc(C)ccc1C)S(C)(=O)=O. The van der Waals surface area contributed by atoms with Crippen molar-refractivity contribution in [1.29, 1.82) is 0 Å². The Bertz CT molecular complexity index is 1120. The van der Waals surface area contributed by atoms with Gasteiger partial charge in [-0.1, -0.05) is 41.4 Å². The molecule has 2 aromatic carbocycles. The van der Waals surface area contributed by atoms with Crippen molar-refractivity contribution < 1.29 is 18.0 Å². The molecule has 32 heavy (non-hydrogen) atoms. The number of nitrogens with one attached hydrogen (secondary N) is 1. The summed E-state index contributed by atoms with van der Waals surface area (Å²) >= 11 is 12.2. The molecule has 0 fully saturated rings. The van der Waals surface area contributed by atoms with E-state index in [0.717, 1.165) is 16.1 Å². The maximum absolute atomic E-state index is 13.4. The van der Waals surface area contributed by atoms with E-state index in [0.29, 0.717) is 26.9 Å². The van der Waals surface area contributed by atoms with Crippen LogP contribution in [0.3, 0.4) is 0 Å². The fourth-order valence-electron chi connectivity index (χ4n) is 3.21. The average molecular weight is 500 g/mol. The van der Waals surface area contributed by atoms with Crippen LogP contribution in [0.5, 0.6) is 0 Å². The van der Waals surface area contributed by atoms with E-state index >= 15 is 0 Å². The number of sulfonamides is 1. The summed E-state index contributed by atoms with van der Waals surface area (Å²) in [5, 5.41) is 3.30. The monoisotopic (exact) mass is 499 g/mol. The third-order valence-electron chi connectivity index (χ3n) is 5.08. The van der Waals surface area contributed by atoms with E-state index in [2.05, 4.69) is 5.32 Å². The Morgan fingerprint density at radius 1 is 1.09 bits per heavy atom. The van der Waals surface area contributed by atoms with Crippen molar-refractivity contribution in [3.05, 3.63) is 63.1 Å². The summed E-state index contributed by atoms with van der Waals surface area (Å²) in [5.74, 6) is -0.931. The third-order valence-corrected chi connectivity index (χ3v) is 6.80. The molecule has 0 bridgehead atoms. The number of amides is 2. The normalized spacial score (nSPS) is 12.2. The fraction of sp³-hybridized carbons (Fsp3) is 0.364. The predicted octanol–water partition coefficient (Wildman–Crippen LogP) is 3.54. The van der Waals surface area contributed by atoms with Crippen molar-refractivity contribution in [3.63, 3.8) is 0 Å². The van der Waals surface area contributed by atoms with Gasteiger partial charge in [0.1, 0.15) is 12.6 Å². The highest BCUT2D eigenvalue weighted by atomic mass is 35.5. The molecule has 0 saturated carbocycles. The standard InChI is InChI=1S/C22H27Cl2N3O4S/c1-14-6-7-15(2)20(10-14)27(32(5,30)31)13-21(28)26(16(3)22(29)25-4)12-17-8-9-18(23)11-19(17)24/h6-11,16H,12-13H2,1-5H3,(H,25,29)/t16-/m0/s1. The van der Waals surface area contributed by atoms with Gasteiger partial charge in [0.25, 0.3) is 0 Å². The number of nitrogens with zero attached hydrogens (tertiary/aromatic N) is 2. The summed E-state index contributed by atoms with van der Waals surface area (Å²) in [4.78, 5) is 27.0. The lowest BCUT2D eigenvalue weighted by Gasteiger charge is -2.32.